The van der Waals surface area contributed by atoms with E-state index in [0.717, 1.165) is 11.1 Å². The van der Waals surface area contributed by atoms with E-state index in [0.29, 0.717) is 11.4 Å². The first-order valence-electron chi connectivity index (χ1n) is 5.83. The normalized spacial score (nSPS) is 12.4. The molecular weight excluding hydrogens is 229 g/mol. The molecule has 0 saturated carbocycles. The number of aryl methyl sites for hydroxylation is 2. The van der Waals surface area contributed by atoms with Crippen molar-refractivity contribution in [1.82, 2.24) is 15.3 Å². The van der Waals surface area contributed by atoms with Gasteiger partial charge in [-0.05, 0) is 43.7 Å². The van der Waals surface area contributed by atoms with E-state index in [9.17, 15) is 4.39 Å². The van der Waals surface area contributed by atoms with E-state index in [1.54, 1.807) is 25.4 Å². The van der Waals surface area contributed by atoms with Crippen LogP contribution in [-0.2, 0) is 0 Å². The van der Waals surface area contributed by atoms with Gasteiger partial charge in [0, 0.05) is 12.4 Å². The van der Waals surface area contributed by atoms with E-state index in [2.05, 4.69) is 15.3 Å². The van der Waals surface area contributed by atoms with Crippen molar-refractivity contribution < 1.29 is 4.39 Å². The number of benzene rings is 1. The van der Waals surface area contributed by atoms with Crippen molar-refractivity contribution in [2.24, 2.45) is 0 Å². The molecule has 0 aliphatic rings. The maximum atomic E-state index is 13.3. The molecule has 1 aromatic carbocycles. The van der Waals surface area contributed by atoms with Gasteiger partial charge >= 0.3 is 0 Å². The van der Waals surface area contributed by atoms with Crippen LogP contribution in [0.1, 0.15) is 28.6 Å². The SMILES string of the molecule is CNC(c1ccc(F)c(C)c1)c1ncc(C)cn1. The summed E-state index contributed by atoms with van der Waals surface area (Å²) in [4.78, 5) is 8.62. The summed E-state index contributed by atoms with van der Waals surface area (Å²) in [5.41, 5.74) is 2.60. The van der Waals surface area contributed by atoms with Crippen molar-refractivity contribution in [2.45, 2.75) is 19.9 Å². The average Bonchev–Trinajstić information content (AvgIpc) is 2.37. The molecule has 1 atom stereocenters. The second-order valence-corrected chi connectivity index (χ2v) is 4.35. The number of aromatic nitrogens is 2. The van der Waals surface area contributed by atoms with E-state index in [1.165, 1.54) is 6.07 Å². The highest BCUT2D eigenvalue weighted by Gasteiger charge is 2.15. The van der Waals surface area contributed by atoms with Crippen molar-refractivity contribution in [3.05, 3.63) is 58.9 Å². The van der Waals surface area contributed by atoms with Crippen LogP contribution in [0.3, 0.4) is 0 Å². The molecule has 0 spiro atoms. The minimum Gasteiger partial charge on any atom is -0.307 e. The minimum atomic E-state index is -0.196. The summed E-state index contributed by atoms with van der Waals surface area (Å²) < 4.78 is 13.3. The van der Waals surface area contributed by atoms with Gasteiger partial charge in [0.15, 0.2) is 0 Å². The zero-order chi connectivity index (χ0) is 13.1. The number of hydrogen-bond acceptors (Lipinski definition) is 3. The van der Waals surface area contributed by atoms with E-state index < -0.39 is 0 Å². The van der Waals surface area contributed by atoms with Crippen molar-refractivity contribution in [3.63, 3.8) is 0 Å². The van der Waals surface area contributed by atoms with Gasteiger partial charge in [0.2, 0.25) is 0 Å². The lowest BCUT2D eigenvalue weighted by Crippen LogP contribution is -2.20. The molecule has 0 saturated heterocycles. The lowest BCUT2D eigenvalue weighted by molar-refractivity contribution is 0.609. The highest BCUT2D eigenvalue weighted by molar-refractivity contribution is 5.30. The van der Waals surface area contributed by atoms with Gasteiger partial charge in [-0.2, -0.15) is 0 Å². The standard InChI is InChI=1S/C14H16FN3/c1-9-7-17-14(18-8-9)13(16-3)11-4-5-12(15)10(2)6-11/h4-8,13,16H,1-3H3. The first-order chi connectivity index (χ1) is 8.61. The molecule has 0 bridgehead atoms. The molecular formula is C14H16FN3. The molecule has 0 fully saturated rings. The molecule has 0 aliphatic carbocycles. The number of halogens is 1. The summed E-state index contributed by atoms with van der Waals surface area (Å²) in [6, 6.07) is 4.93. The molecule has 18 heavy (non-hydrogen) atoms. The Morgan fingerprint density at radius 3 is 2.39 bits per heavy atom. The van der Waals surface area contributed by atoms with Gasteiger partial charge < -0.3 is 5.32 Å². The fraction of sp³-hybridized carbons (Fsp3) is 0.286. The van der Waals surface area contributed by atoms with Crippen LogP contribution >= 0.6 is 0 Å². The average molecular weight is 245 g/mol. The molecule has 1 heterocycles. The Kier molecular flexibility index (Phi) is 3.67. The lowest BCUT2D eigenvalue weighted by atomic mass is 10.0. The summed E-state index contributed by atoms with van der Waals surface area (Å²) in [6.45, 7) is 3.70. The topological polar surface area (TPSA) is 37.8 Å². The van der Waals surface area contributed by atoms with Crippen LogP contribution in [-0.4, -0.2) is 17.0 Å². The maximum absolute atomic E-state index is 13.3. The van der Waals surface area contributed by atoms with E-state index in [4.69, 9.17) is 0 Å². The Labute approximate surface area is 106 Å². The van der Waals surface area contributed by atoms with Crippen LogP contribution in [0.15, 0.2) is 30.6 Å². The molecule has 3 nitrogen and oxygen atoms in total. The number of rotatable bonds is 3. The lowest BCUT2D eigenvalue weighted by Gasteiger charge is -2.16. The van der Waals surface area contributed by atoms with Crippen LogP contribution in [0.5, 0.6) is 0 Å². The third-order valence-corrected chi connectivity index (χ3v) is 2.86. The Bertz CT molecular complexity index is 537. The summed E-state index contributed by atoms with van der Waals surface area (Å²) in [6.07, 6.45) is 3.56. The van der Waals surface area contributed by atoms with Gasteiger partial charge in [-0.3, -0.25) is 0 Å². The third-order valence-electron chi connectivity index (χ3n) is 2.86. The van der Waals surface area contributed by atoms with Crippen LogP contribution < -0.4 is 5.32 Å². The first kappa shape index (κ1) is 12.6. The molecule has 0 aliphatic heterocycles. The maximum Gasteiger partial charge on any atom is 0.149 e. The number of nitrogens with one attached hydrogen (secondary N) is 1. The second-order valence-electron chi connectivity index (χ2n) is 4.35. The van der Waals surface area contributed by atoms with Crippen LogP contribution in [0, 0.1) is 19.7 Å². The van der Waals surface area contributed by atoms with Gasteiger partial charge in [-0.25, -0.2) is 14.4 Å². The zero-order valence-electron chi connectivity index (χ0n) is 10.7. The molecule has 4 heteroatoms. The number of hydrogen-bond donors (Lipinski definition) is 1. The monoisotopic (exact) mass is 245 g/mol. The Hall–Kier alpha value is -1.81. The molecule has 2 rings (SSSR count). The second kappa shape index (κ2) is 5.23. The summed E-state index contributed by atoms with van der Waals surface area (Å²) >= 11 is 0. The Morgan fingerprint density at radius 2 is 1.83 bits per heavy atom. The van der Waals surface area contributed by atoms with Crippen molar-refractivity contribution in [2.75, 3.05) is 7.05 Å². The van der Waals surface area contributed by atoms with E-state index in [1.807, 2.05) is 20.0 Å². The van der Waals surface area contributed by atoms with Crippen LogP contribution in [0.25, 0.3) is 0 Å². The zero-order valence-corrected chi connectivity index (χ0v) is 10.7. The van der Waals surface area contributed by atoms with Gasteiger partial charge in [-0.15, -0.1) is 0 Å². The van der Waals surface area contributed by atoms with E-state index >= 15 is 0 Å². The predicted octanol–water partition coefficient (Wildman–Crippen LogP) is 2.54. The predicted molar refractivity (Wildman–Crippen MR) is 68.8 cm³/mol. The van der Waals surface area contributed by atoms with Gasteiger partial charge in [0.1, 0.15) is 11.6 Å². The van der Waals surface area contributed by atoms with Gasteiger partial charge in [0.05, 0.1) is 6.04 Å². The van der Waals surface area contributed by atoms with Gasteiger partial charge in [0.25, 0.3) is 0 Å². The van der Waals surface area contributed by atoms with Crippen molar-refractivity contribution in [1.29, 1.82) is 0 Å². The smallest absolute Gasteiger partial charge is 0.149 e. The minimum absolute atomic E-state index is 0.120. The summed E-state index contributed by atoms with van der Waals surface area (Å²) in [5.74, 6) is 0.493. The highest BCUT2D eigenvalue weighted by atomic mass is 19.1. The molecule has 0 amide bonds. The molecule has 2 aromatic rings. The van der Waals surface area contributed by atoms with E-state index in [-0.39, 0.29) is 11.9 Å². The summed E-state index contributed by atoms with van der Waals surface area (Å²) in [7, 11) is 1.84. The largest absolute Gasteiger partial charge is 0.307 e. The molecule has 1 aromatic heterocycles. The van der Waals surface area contributed by atoms with Crippen molar-refractivity contribution >= 4 is 0 Å². The molecule has 1 N–H and O–H groups in total. The van der Waals surface area contributed by atoms with Crippen LogP contribution in [0.2, 0.25) is 0 Å². The Balaban J connectivity index is 2.38. The molecule has 0 radical (unpaired) electrons. The van der Waals surface area contributed by atoms with Gasteiger partial charge in [-0.1, -0.05) is 12.1 Å². The quantitative estimate of drug-likeness (QED) is 0.903. The first-order valence-corrected chi connectivity index (χ1v) is 5.83. The summed E-state index contributed by atoms with van der Waals surface area (Å²) in [5, 5.41) is 3.15. The fourth-order valence-electron chi connectivity index (χ4n) is 1.84. The third kappa shape index (κ3) is 2.54. The van der Waals surface area contributed by atoms with Crippen molar-refractivity contribution in [3.8, 4) is 0 Å². The molecule has 1 unspecified atom stereocenters. The Morgan fingerprint density at radius 1 is 1.17 bits per heavy atom. The van der Waals surface area contributed by atoms with Crippen LogP contribution in [0.4, 0.5) is 4.39 Å². The number of nitrogens with zero attached hydrogens (tertiary/aromatic N) is 2. The fourth-order valence-corrected chi connectivity index (χ4v) is 1.84. The molecule has 94 valence electrons. The highest BCUT2D eigenvalue weighted by Crippen LogP contribution is 2.20.